The zero-order chi connectivity index (χ0) is 19.3. The van der Waals surface area contributed by atoms with Crippen LogP contribution in [-0.2, 0) is 17.8 Å². The maximum Gasteiger partial charge on any atom is 0.227 e. The summed E-state index contributed by atoms with van der Waals surface area (Å²) >= 11 is 0. The molecule has 0 aliphatic carbocycles. The highest BCUT2D eigenvalue weighted by Crippen LogP contribution is 2.31. The van der Waals surface area contributed by atoms with Crippen LogP contribution in [0.15, 0.2) is 24.7 Å². The molecule has 0 radical (unpaired) electrons. The third-order valence-electron chi connectivity index (χ3n) is 5.29. The molecule has 0 unspecified atom stereocenters. The molecule has 0 spiro atoms. The molecule has 2 aliphatic heterocycles. The Bertz CT molecular complexity index is 1080. The number of anilines is 2. The third-order valence-corrected chi connectivity index (χ3v) is 5.29. The predicted molar refractivity (Wildman–Crippen MR) is 99.8 cm³/mol. The molecule has 1 atom stereocenters. The van der Waals surface area contributed by atoms with E-state index in [1.165, 1.54) is 12.4 Å². The molecule has 3 aromatic rings. The Morgan fingerprint density at radius 2 is 2.29 bits per heavy atom. The molecular formula is C19H19FN6O2. The van der Waals surface area contributed by atoms with E-state index >= 15 is 0 Å². The van der Waals surface area contributed by atoms with Crippen LogP contribution in [0.25, 0.3) is 5.65 Å². The molecule has 1 N–H and O–H groups in total. The number of hydrogen-bond donors (Lipinski definition) is 1. The summed E-state index contributed by atoms with van der Waals surface area (Å²) in [7, 11) is 0. The Morgan fingerprint density at radius 3 is 3.11 bits per heavy atom. The lowest BCUT2D eigenvalue weighted by molar-refractivity contribution is -0.117. The van der Waals surface area contributed by atoms with Crippen molar-refractivity contribution in [1.29, 1.82) is 0 Å². The van der Waals surface area contributed by atoms with Gasteiger partial charge < -0.3 is 15.0 Å². The molecule has 5 rings (SSSR count). The number of benzene rings is 1. The van der Waals surface area contributed by atoms with Gasteiger partial charge in [-0.3, -0.25) is 4.79 Å². The van der Waals surface area contributed by atoms with E-state index in [0.29, 0.717) is 54.8 Å². The summed E-state index contributed by atoms with van der Waals surface area (Å²) in [5.74, 6) is 1.29. The molecule has 1 saturated heterocycles. The number of rotatable bonds is 4. The first-order chi connectivity index (χ1) is 13.6. The van der Waals surface area contributed by atoms with E-state index in [1.807, 2.05) is 6.92 Å². The van der Waals surface area contributed by atoms with Crippen LogP contribution in [-0.4, -0.2) is 38.6 Å². The number of amides is 1. The number of carbonyl (C=O) groups is 1. The second-order valence-corrected chi connectivity index (χ2v) is 7.26. The van der Waals surface area contributed by atoms with Crippen molar-refractivity contribution in [2.75, 3.05) is 23.4 Å². The van der Waals surface area contributed by atoms with Crippen molar-refractivity contribution in [3.8, 4) is 5.75 Å². The Morgan fingerprint density at radius 1 is 1.39 bits per heavy atom. The highest BCUT2D eigenvalue weighted by molar-refractivity contribution is 5.98. The summed E-state index contributed by atoms with van der Waals surface area (Å²) in [6.45, 7) is 3.50. The Kier molecular flexibility index (Phi) is 3.88. The lowest BCUT2D eigenvalue weighted by atomic mass is 10.0. The van der Waals surface area contributed by atoms with Crippen molar-refractivity contribution >= 4 is 23.2 Å². The molecule has 1 amide bonds. The maximum absolute atomic E-state index is 14.4. The SMILES string of the molecule is C[C@@H]1CC(=O)N(c2cnc(NCc3c(F)ccc4c3CCO4)n3cnnc23)C1. The summed E-state index contributed by atoms with van der Waals surface area (Å²) in [4.78, 5) is 18.4. The summed E-state index contributed by atoms with van der Waals surface area (Å²) in [5, 5.41) is 11.3. The molecule has 1 fully saturated rings. The number of nitrogens with zero attached hydrogens (tertiary/aromatic N) is 5. The van der Waals surface area contributed by atoms with Crippen molar-refractivity contribution in [3.63, 3.8) is 0 Å². The van der Waals surface area contributed by atoms with Gasteiger partial charge in [0.05, 0.1) is 12.8 Å². The Hall–Kier alpha value is -3.23. The van der Waals surface area contributed by atoms with Gasteiger partial charge in [0, 0.05) is 37.1 Å². The fraction of sp³-hybridized carbons (Fsp3) is 0.368. The molecule has 1 aromatic carbocycles. The van der Waals surface area contributed by atoms with E-state index in [2.05, 4.69) is 20.5 Å². The summed E-state index contributed by atoms with van der Waals surface area (Å²) in [6.07, 6.45) is 4.36. The second-order valence-electron chi connectivity index (χ2n) is 7.26. The smallest absolute Gasteiger partial charge is 0.227 e. The lowest BCUT2D eigenvalue weighted by Gasteiger charge is -2.18. The van der Waals surface area contributed by atoms with E-state index in [1.54, 1.807) is 21.6 Å². The van der Waals surface area contributed by atoms with Gasteiger partial charge in [-0.2, -0.15) is 0 Å². The van der Waals surface area contributed by atoms with Crippen LogP contribution in [0, 0.1) is 11.7 Å². The fourth-order valence-corrected chi connectivity index (χ4v) is 3.92. The van der Waals surface area contributed by atoms with Crippen LogP contribution in [0.1, 0.15) is 24.5 Å². The number of hydrogen-bond acceptors (Lipinski definition) is 6. The van der Waals surface area contributed by atoms with Crippen molar-refractivity contribution in [3.05, 3.63) is 41.6 Å². The normalized spacial score (nSPS) is 18.6. The first-order valence-electron chi connectivity index (χ1n) is 9.28. The molecule has 4 heterocycles. The molecule has 2 aliphatic rings. The number of ether oxygens (including phenoxy) is 1. The topological polar surface area (TPSA) is 84.7 Å². The minimum atomic E-state index is -0.273. The average Bonchev–Trinajstić information content (AvgIpc) is 3.40. The van der Waals surface area contributed by atoms with Crippen LogP contribution in [0.5, 0.6) is 5.75 Å². The van der Waals surface area contributed by atoms with Crippen molar-refractivity contribution in [2.45, 2.75) is 26.3 Å². The van der Waals surface area contributed by atoms with Crippen LogP contribution in [0.4, 0.5) is 16.0 Å². The van der Waals surface area contributed by atoms with Crippen LogP contribution < -0.4 is 15.0 Å². The standard InChI is InChI=1S/C19H19FN6O2/c1-11-6-17(27)25(9-11)15-8-22-19(26-10-23-24-18(15)26)21-7-13-12-4-5-28-16(12)3-2-14(13)20/h2-3,8,10-11H,4-7,9H2,1H3,(H,21,22)/t11-/m1/s1. The minimum absolute atomic E-state index is 0.0572. The zero-order valence-electron chi connectivity index (χ0n) is 15.4. The molecular weight excluding hydrogens is 363 g/mol. The van der Waals surface area contributed by atoms with Gasteiger partial charge >= 0.3 is 0 Å². The van der Waals surface area contributed by atoms with Crippen molar-refractivity contribution in [2.24, 2.45) is 5.92 Å². The predicted octanol–water partition coefficient (Wildman–Crippen LogP) is 2.18. The quantitative estimate of drug-likeness (QED) is 0.745. The van der Waals surface area contributed by atoms with E-state index in [0.717, 1.165) is 11.3 Å². The Balaban J connectivity index is 1.46. The van der Waals surface area contributed by atoms with Crippen molar-refractivity contribution < 1.29 is 13.9 Å². The molecule has 0 bridgehead atoms. The monoisotopic (exact) mass is 382 g/mol. The Labute approximate surface area is 160 Å². The van der Waals surface area contributed by atoms with Crippen molar-refractivity contribution in [1.82, 2.24) is 19.6 Å². The first kappa shape index (κ1) is 16.9. The number of aromatic nitrogens is 4. The number of nitrogens with one attached hydrogen (secondary N) is 1. The first-order valence-corrected chi connectivity index (χ1v) is 9.28. The van der Waals surface area contributed by atoms with Crippen LogP contribution in [0.2, 0.25) is 0 Å². The zero-order valence-corrected chi connectivity index (χ0v) is 15.4. The van der Waals surface area contributed by atoms with Gasteiger partial charge in [0.1, 0.15) is 23.6 Å². The second kappa shape index (κ2) is 6.43. The van der Waals surface area contributed by atoms with E-state index in [-0.39, 0.29) is 18.3 Å². The summed E-state index contributed by atoms with van der Waals surface area (Å²) in [5.41, 5.74) is 2.64. The lowest BCUT2D eigenvalue weighted by Crippen LogP contribution is -2.25. The number of carbonyl (C=O) groups excluding carboxylic acids is 1. The van der Waals surface area contributed by atoms with Gasteiger partial charge in [-0.1, -0.05) is 6.92 Å². The summed E-state index contributed by atoms with van der Waals surface area (Å²) in [6, 6.07) is 3.09. The average molecular weight is 382 g/mol. The third kappa shape index (κ3) is 2.65. The molecule has 8 nitrogen and oxygen atoms in total. The minimum Gasteiger partial charge on any atom is -0.493 e. The molecule has 9 heteroatoms. The van der Waals surface area contributed by atoms with Gasteiger partial charge in [-0.25, -0.2) is 13.8 Å². The van der Waals surface area contributed by atoms with E-state index < -0.39 is 0 Å². The van der Waals surface area contributed by atoms with Gasteiger partial charge in [-0.05, 0) is 18.1 Å². The highest BCUT2D eigenvalue weighted by Gasteiger charge is 2.30. The summed E-state index contributed by atoms with van der Waals surface area (Å²) < 4.78 is 21.6. The molecule has 2 aromatic heterocycles. The van der Waals surface area contributed by atoms with Gasteiger partial charge in [0.2, 0.25) is 11.9 Å². The molecule has 28 heavy (non-hydrogen) atoms. The van der Waals surface area contributed by atoms with Crippen LogP contribution >= 0.6 is 0 Å². The van der Waals surface area contributed by atoms with Gasteiger partial charge in [-0.15, -0.1) is 10.2 Å². The van der Waals surface area contributed by atoms with E-state index in [4.69, 9.17) is 4.74 Å². The highest BCUT2D eigenvalue weighted by atomic mass is 19.1. The molecule has 144 valence electrons. The fourth-order valence-electron chi connectivity index (χ4n) is 3.92. The molecule has 0 saturated carbocycles. The number of halogens is 1. The maximum atomic E-state index is 14.4. The number of fused-ring (bicyclic) bond motifs is 2. The van der Waals surface area contributed by atoms with Gasteiger partial charge in [0.25, 0.3) is 0 Å². The largest absolute Gasteiger partial charge is 0.493 e. The van der Waals surface area contributed by atoms with E-state index in [9.17, 15) is 9.18 Å². The van der Waals surface area contributed by atoms with Gasteiger partial charge in [0.15, 0.2) is 5.65 Å². The van der Waals surface area contributed by atoms with Crippen LogP contribution in [0.3, 0.4) is 0 Å².